The first-order valence-corrected chi connectivity index (χ1v) is 9.30. The van der Waals surface area contributed by atoms with E-state index in [-0.39, 0.29) is 5.91 Å². The summed E-state index contributed by atoms with van der Waals surface area (Å²) < 4.78 is 0. The molecule has 0 fully saturated rings. The Labute approximate surface area is 134 Å². The standard InChI is InChI=1S/C18H29NOS/c1-3-5-9-16(4-2)14-19-18(20)12-13-21-15-17-10-7-6-8-11-17/h6-8,10-11,16H,3-5,9,12-15H2,1-2H3,(H,19,20)/t16-/m1/s1. The predicted octanol–water partition coefficient (Wildman–Crippen LogP) is 4.64. The number of carbonyl (C=O) groups is 1. The van der Waals surface area contributed by atoms with Crippen LogP contribution >= 0.6 is 11.8 Å². The van der Waals surface area contributed by atoms with Crippen LogP contribution in [0, 0.1) is 5.92 Å². The van der Waals surface area contributed by atoms with E-state index in [1.54, 1.807) is 0 Å². The van der Waals surface area contributed by atoms with Gasteiger partial charge in [-0.1, -0.05) is 63.4 Å². The van der Waals surface area contributed by atoms with E-state index in [2.05, 4.69) is 43.4 Å². The number of rotatable bonds is 11. The van der Waals surface area contributed by atoms with Crippen molar-refractivity contribution < 1.29 is 4.79 Å². The second-order valence-electron chi connectivity index (χ2n) is 5.51. The first-order chi connectivity index (χ1) is 10.3. The van der Waals surface area contributed by atoms with E-state index < -0.39 is 0 Å². The van der Waals surface area contributed by atoms with E-state index in [9.17, 15) is 4.79 Å². The third-order valence-electron chi connectivity index (χ3n) is 3.72. The van der Waals surface area contributed by atoms with Crippen molar-refractivity contribution in [2.24, 2.45) is 5.92 Å². The molecule has 0 radical (unpaired) electrons. The lowest BCUT2D eigenvalue weighted by atomic mass is 9.99. The monoisotopic (exact) mass is 307 g/mol. The van der Waals surface area contributed by atoms with Crippen molar-refractivity contribution in [3.63, 3.8) is 0 Å². The third kappa shape index (κ3) is 8.82. The molecule has 21 heavy (non-hydrogen) atoms. The topological polar surface area (TPSA) is 29.1 Å². The van der Waals surface area contributed by atoms with Crippen molar-refractivity contribution in [1.82, 2.24) is 5.32 Å². The van der Waals surface area contributed by atoms with Crippen LogP contribution in [0.5, 0.6) is 0 Å². The van der Waals surface area contributed by atoms with E-state index >= 15 is 0 Å². The first-order valence-electron chi connectivity index (χ1n) is 8.14. The molecule has 0 bridgehead atoms. The lowest BCUT2D eigenvalue weighted by Crippen LogP contribution is -2.29. The highest BCUT2D eigenvalue weighted by molar-refractivity contribution is 7.98. The minimum absolute atomic E-state index is 0.200. The highest BCUT2D eigenvalue weighted by atomic mass is 32.2. The van der Waals surface area contributed by atoms with Crippen molar-refractivity contribution in [2.75, 3.05) is 12.3 Å². The Morgan fingerprint density at radius 1 is 1.24 bits per heavy atom. The maximum atomic E-state index is 11.8. The van der Waals surface area contributed by atoms with Gasteiger partial charge in [-0.3, -0.25) is 4.79 Å². The molecule has 0 heterocycles. The van der Waals surface area contributed by atoms with Crippen molar-refractivity contribution >= 4 is 17.7 Å². The third-order valence-corrected chi connectivity index (χ3v) is 4.75. The smallest absolute Gasteiger partial charge is 0.220 e. The second-order valence-corrected chi connectivity index (χ2v) is 6.61. The van der Waals surface area contributed by atoms with Crippen LogP contribution in [0.1, 0.15) is 51.5 Å². The molecule has 1 atom stereocenters. The van der Waals surface area contributed by atoms with E-state index in [0.29, 0.717) is 12.3 Å². The fourth-order valence-corrected chi connectivity index (χ4v) is 3.12. The summed E-state index contributed by atoms with van der Waals surface area (Å²) in [6.07, 6.45) is 5.52. The number of hydrogen-bond donors (Lipinski definition) is 1. The molecule has 118 valence electrons. The van der Waals surface area contributed by atoms with E-state index in [1.807, 2.05) is 17.8 Å². The van der Waals surface area contributed by atoms with Gasteiger partial charge in [-0.15, -0.1) is 0 Å². The van der Waals surface area contributed by atoms with Gasteiger partial charge in [-0.05, 0) is 17.9 Å². The fourth-order valence-electron chi connectivity index (χ4n) is 2.22. The van der Waals surface area contributed by atoms with Gasteiger partial charge in [-0.2, -0.15) is 11.8 Å². The molecule has 2 nitrogen and oxygen atoms in total. The lowest BCUT2D eigenvalue weighted by molar-refractivity contribution is -0.120. The van der Waals surface area contributed by atoms with Gasteiger partial charge in [0.05, 0.1) is 0 Å². The molecule has 0 spiro atoms. The molecule has 0 unspecified atom stereocenters. The zero-order valence-corrected chi connectivity index (χ0v) is 14.3. The maximum absolute atomic E-state index is 11.8. The molecular weight excluding hydrogens is 278 g/mol. The summed E-state index contributed by atoms with van der Waals surface area (Å²) in [5.41, 5.74) is 1.33. The number of thioether (sulfide) groups is 1. The van der Waals surface area contributed by atoms with Crippen molar-refractivity contribution in [3.05, 3.63) is 35.9 Å². The summed E-state index contributed by atoms with van der Waals surface area (Å²) in [6.45, 7) is 5.27. The largest absolute Gasteiger partial charge is 0.356 e. The molecule has 1 aromatic carbocycles. The van der Waals surface area contributed by atoms with Crippen molar-refractivity contribution in [1.29, 1.82) is 0 Å². The average Bonchev–Trinajstić information content (AvgIpc) is 2.53. The molecule has 1 rings (SSSR count). The minimum Gasteiger partial charge on any atom is -0.356 e. The highest BCUT2D eigenvalue weighted by Gasteiger charge is 2.08. The van der Waals surface area contributed by atoms with Gasteiger partial charge in [0, 0.05) is 24.5 Å². The zero-order valence-electron chi connectivity index (χ0n) is 13.4. The van der Waals surface area contributed by atoms with Crippen LogP contribution < -0.4 is 5.32 Å². The van der Waals surface area contributed by atoms with E-state index in [0.717, 1.165) is 24.5 Å². The van der Waals surface area contributed by atoms with E-state index in [4.69, 9.17) is 0 Å². The summed E-state index contributed by atoms with van der Waals surface area (Å²) in [6, 6.07) is 10.4. The summed E-state index contributed by atoms with van der Waals surface area (Å²) in [5.74, 6) is 2.73. The van der Waals surface area contributed by atoms with Crippen molar-refractivity contribution in [3.8, 4) is 0 Å². The van der Waals surface area contributed by atoms with E-state index in [1.165, 1.54) is 24.8 Å². The number of benzene rings is 1. The molecular formula is C18H29NOS. The van der Waals surface area contributed by atoms with Crippen LogP contribution in [0.25, 0.3) is 0 Å². The number of amides is 1. The number of unbranched alkanes of at least 4 members (excludes halogenated alkanes) is 1. The molecule has 0 aliphatic heterocycles. The van der Waals surface area contributed by atoms with Crippen LogP contribution in [0.15, 0.2) is 30.3 Å². The van der Waals surface area contributed by atoms with Crippen LogP contribution in [0.4, 0.5) is 0 Å². The summed E-state index contributed by atoms with van der Waals surface area (Å²) in [7, 11) is 0. The second kappa shape index (κ2) is 11.7. The Morgan fingerprint density at radius 3 is 2.67 bits per heavy atom. The molecule has 0 saturated carbocycles. The van der Waals surface area contributed by atoms with Gasteiger partial charge in [0.2, 0.25) is 5.91 Å². The van der Waals surface area contributed by atoms with Gasteiger partial charge >= 0.3 is 0 Å². The Bertz CT molecular complexity index is 380. The predicted molar refractivity (Wildman–Crippen MR) is 93.5 cm³/mol. The van der Waals surface area contributed by atoms with Gasteiger partial charge in [0.15, 0.2) is 0 Å². The van der Waals surface area contributed by atoms with Crippen LogP contribution in [-0.2, 0) is 10.5 Å². The molecule has 0 saturated heterocycles. The van der Waals surface area contributed by atoms with Gasteiger partial charge in [-0.25, -0.2) is 0 Å². The number of hydrogen-bond acceptors (Lipinski definition) is 2. The summed E-state index contributed by atoms with van der Waals surface area (Å²) in [4.78, 5) is 11.8. The van der Waals surface area contributed by atoms with Crippen LogP contribution in [0.3, 0.4) is 0 Å². The molecule has 0 aliphatic rings. The summed E-state index contributed by atoms with van der Waals surface area (Å²) in [5, 5.41) is 3.09. The molecule has 3 heteroatoms. The Hall–Kier alpha value is -0.960. The molecule has 1 amide bonds. The Balaban J connectivity index is 2.08. The zero-order chi connectivity index (χ0) is 15.3. The van der Waals surface area contributed by atoms with Gasteiger partial charge in [0.1, 0.15) is 0 Å². The quantitative estimate of drug-likeness (QED) is 0.603. The Morgan fingerprint density at radius 2 is 2.00 bits per heavy atom. The van der Waals surface area contributed by atoms with Gasteiger partial charge < -0.3 is 5.32 Å². The average molecular weight is 308 g/mol. The molecule has 1 N–H and O–H groups in total. The van der Waals surface area contributed by atoms with Crippen molar-refractivity contribution in [2.45, 2.75) is 51.7 Å². The molecule has 0 aromatic heterocycles. The lowest BCUT2D eigenvalue weighted by Gasteiger charge is -2.15. The minimum atomic E-state index is 0.200. The molecule has 0 aliphatic carbocycles. The van der Waals surface area contributed by atoms with Crippen LogP contribution in [0.2, 0.25) is 0 Å². The molecule has 1 aromatic rings. The van der Waals surface area contributed by atoms with Gasteiger partial charge in [0.25, 0.3) is 0 Å². The normalized spacial score (nSPS) is 12.1. The Kier molecular flexibility index (Phi) is 10.1. The maximum Gasteiger partial charge on any atom is 0.220 e. The SMILES string of the molecule is CCCC[C@@H](CC)CNC(=O)CCSCc1ccccc1. The van der Waals surface area contributed by atoms with Crippen LogP contribution in [-0.4, -0.2) is 18.2 Å². The first kappa shape index (κ1) is 18.1. The number of carbonyl (C=O) groups excluding carboxylic acids is 1. The highest BCUT2D eigenvalue weighted by Crippen LogP contribution is 2.13. The number of nitrogens with one attached hydrogen (secondary N) is 1. The fraction of sp³-hybridized carbons (Fsp3) is 0.611. The summed E-state index contributed by atoms with van der Waals surface area (Å²) >= 11 is 1.83.